The number of hydrogen-bond acceptors (Lipinski definition) is 3. The molecule has 0 unspecified atom stereocenters. The highest BCUT2D eigenvalue weighted by atomic mass is 79.9. The van der Waals surface area contributed by atoms with E-state index in [-0.39, 0.29) is 5.91 Å². The molecule has 0 aliphatic heterocycles. The van der Waals surface area contributed by atoms with E-state index in [1.165, 1.54) is 11.3 Å². The van der Waals surface area contributed by atoms with Crippen molar-refractivity contribution < 1.29 is 4.79 Å². The molecular formula is C14H15BrN2OS. The van der Waals surface area contributed by atoms with Crippen molar-refractivity contribution in [1.29, 1.82) is 0 Å². The number of nitrogens with zero attached hydrogens (tertiary/aromatic N) is 1. The molecule has 0 aliphatic carbocycles. The Hall–Kier alpha value is -1.33. The molecule has 0 fully saturated rings. The third kappa shape index (κ3) is 3.16. The summed E-state index contributed by atoms with van der Waals surface area (Å²) >= 11 is 4.80. The van der Waals surface area contributed by atoms with Crippen LogP contribution in [0.15, 0.2) is 34.1 Å². The number of hydrogen-bond donors (Lipinski definition) is 1. The van der Waals surface area contributed by atoms with Crippen LogP contribution in [-0.2, 0) is 0 Å². The lowest BCUT2D eigenvalue weighted by Gasteiger charge is -2.15. The Balaban J connectivity index is 2.20. The average Bonchev–Trinajstić information content (AvgIpc) is 2.77. The number of halogens is 1. The van der Waals surface area contributed by atoms with Gasteiger partial charge in [0.15, 0.2) is 0 Å². The second-order valence-corrected chi connectivity index (χ2v) is 6.22. The minimum absolute atomic E-state index is 0.0809. The van der Waals surface area contributed by atoms with Crippen molar-refractivity contribution in [1.82, 2.24) is 0 Å². The lowest BCUT2D eigenvalue weighted by molar-refractivity contribution is 0.103. The molecule has 0 saturated carbocycles. The maximum atomic E-state index is 12.1. The molecule has 5 heteroatoms. The molecule has 0 saturated heterocycles. The molecule has 3 nitrogen and oxygen atoms in total. The number of carbonyl (C=O) groups is 1. The predicted molar refractivity (Wildman–Crippen MR) is 85.5 cm³/mol. The van der Waals surface area contributed by atoms with E-state index in [1.807, 2.05) is 49.5 Å². The first-order valence-electron chi connectivity index (χ1n) is 5.81. The lowest BCUT2D eigenvalue weighted by atomic mass is 10.1. The minimum Gasteiger partial charge on any atom is -0.378 e. The van der Waals surface area contributed by atoms with Crippen LogP contribution < -0.4 is 10.2 Å². The zero-order chi connectivity index (χ0) is 14.0. The van der Waals surface area contributed by atoms with E-state index in [9.17, 15) is 4.79 Å². The van der Waals surface area contributed by atoms with Gasteiger partial charge in [0, 0.05) is 29.9 Å². The summed E-state index contributed by atoms with van der Waals surface area (Å²) in [6.45, 7) is 1.99. The van der Waals surface area contributed by atoms with E-state index >= 15 is 0 Å². The Morgan fingerprint density at radius 2 is 2.05 bits per heavy atom. The highest BCUT2D eigenvalue weighted by Crippen LogP contribution is 2.26. The lowest BCUT2D eigenvalue weighted by Crippen LogP contribution is -2.13. The molecule has 0 radical (unpaired) electrons. The van der Waals surface area contributed by atoms with Gasteiger partial charge in [-0.05, 0) is 58.1 Å². The maximum absolute atomic E-state index is 12.1. The molecule has 1 aromatic carbocycles. The first kappa shape index (κ1) is 14.1. The van der Waals surface area contributed by atoms with Crippen LogP contribution in [0.25, 0.3) is 0 Å². The number of thiophene rings is 1. The van der Waals surface area contributed by atoms with Crippen molar-refractivity contribution in [3.05, 3.63) is 44.6 Å². The van der Waals surface area contributed by atoms with Crippen molar-refractivity contribution in [2.45, 2.75) is 6.92 Å². The fourth-order valence-corrected chi connectivity index (χ4v) is 3.15. The largest absolute Gasteiger partial charge is 0.378 e. The zero-order valence-corrected chi connectivity index (χ0v) is 13.4. The molecule has 2 aromatic rings. The summed E-state index contributed by atoms with van der Waals surface area (Å²) in [6, 6.07) is 7.86. The standard InChI is InChI=1S/C14H15BrN2OS/c1-9-8-10(17(2)3)4-5-12(9)16-14(18)13-11(15)6-7-19-13/h4-8H,1-3H3,(H,16,18). The summed E-state index contributed by atoms with van der Waals surface area (Å²) in [5.41, 5.74) is 3.01. The fourth-order valence-electron chi connectivity index (χ4n) is 1.70. The van der Waals surface area contributed by atoms with Crippen LogP contribution in [0.2, 0.25) is 0 Å². The molecule has 1 aromatic heterocycles. The topological polar surface area (TPSA) is 32.3 Å². The molecule has 1 heterocycles. The van der Waals surface area contributed by atoms with Gasteiger partial charge < -0.3 is 10.2 Å². The first-order valence-corrected chi connectivity index (χ1v) is 7.48. The van der Waals surface area contributed by atoms with Crippen LogP contribution in [0.1, 0.15) is 15.2 Å². The van der Waals surface area contributed by atoms with Crippen LogP contribution in [0, 0.1) is 6.92 Å². The molecule has 0 atom stereocenters. The molecule has 1 N–H and O–H groups in total. The molecule has 0 aliphatic rings. The molecule has 100 valence electrons. The SMILES string of the molecule is Cc1cc(N(C)C)ccc1NC(=O)c1sccc1Br. The van der Waals surface area contributed by atoms with E-state index in [4.69, 9.17) is 0 Å². The first-order chi connectivity index (χ1) is 8.99. The van der Waals surface area contributed by atoms with Crippen molar-refractivity contribution in [3.8, 4) is 0 Å². The quantitative estimate of drug-likeness (QED) is 0.912. The second kappa shape index (κ2) is 5.75. The van der Waals surface area contributed by atoms with Crippen molar-refractivity contribution in [2.24, 2.45) is 0 Å². The highest BCUT2D eigenvalue weighted by Gasteiger charge is 2.12. The van der Waals surface area contributed by atoms with E-state index < -0.39 is 0 Å². The molecule has 1 amide bonds. The van der Waals surface area contributed by atoms with Gasteiger partial charge in [0.05, 0.1) is 0 Å². The minimum atomic E-state index is -0.0809. The van der Waals surface area contributed by atoms with Crippen LogP contribution in [0.4, 0.5) is 11.4 Å². The summed E-state index contributed by atoms with van der Waals surface area (Å²) in [5, 5.41) is 4.83. The smallest absolute Gasteiger partial charge is 0.266 e. The van der Waals surface area contributed by atoms with E-state index in [1.54, 1.807) is 0 Å². The number of anilines is 2. The van der Waals surface area contributed by atoms with Gasteiger partial charge in [0.1, 0.15) is 4.88 Å². The number of rotatable bonds is 3. The predicted octanol–water partition coefficient (Wildman–Crippen LogP) is 4.14. The Morgan fingerprint density at radius 1 is 1.32 bits per heavy atom. The normalized spacial score (nSPS) is 10.3. The van der Waals surface area contributed by atoms with Crippen molar-refractivity contribution >= 4 is 44.5 Å². The van der Waals surface area contributed by atoms with Gasteiger partial charge in [-0.3, -0.25) is 4.79 Å². The summed E-state index contributed by atoms with van der Waals surface area (Å²) in [7, 11) is 3.99. The van der Waals surface area contributed by atoms with Gasteiger partial charge >= 0.3 is 0 Å². The third-order valence-corrected chi connectivity index (χ3v) is 4.63. The Morgan fingerprint density at radius 3 is 2.58 bits per heavy atom. The summed E-state index contributed by atoms with van der Waals surface area (Å²) in [4.78, 5) is 14.9. The number of amides is 1. The summed E-state index contributed by atoms with van der Waals surface area (Å²) in [5.74, 6) is -0.0809. The van der Waals surface area contributed by atoms with E-state index in [2.05, 4.69) is 27.3 Å². The number of aryl methyl sites for hydroxylation is 1. The number of carbonyl (C=O) groups excluding carboxylic acids is 1. The average molecular weight is 339 g/mol. The summed E-state index contributed by atoms with van der Waals surface area (Å²) in [6.07, 6.45) is 0. The zero-order valence-electron chi connectivity index (χ0n) is 11.0. The van der Waals surface area contributed by atoms with Gasteiger partial charge in [0.25, 0.3) is 5.91 Å². The third-order valence-electron chi connectivity index (χ3n) is 2.80. The number of benzene rings is 1. The Kier molecular flexibility index (Phi) is 4.27. The van der Waals surface area contributed by atoms with Gasteiger partial charge in [-0.2, -0.15) is 0 Å². The summed E-state index contributed by atoms with van der Waals surface area (Å²) < 4.78 is 0.831. The second-order valence-electron chi connectivity index (χ2n) is 4.45. The van der Waals surface area contributed by atoms with Crippen LogP contribution >= 0.6 is 27.3 Å². The van der Waals surface area contributed by atoms with Gasteiger partial charge in [-0.1, -0.05) is 0 Å². The fraction of sp³-hybridized carbons (Fsp3) is 0.214. The van der Waals surface area contributed by atoms with E-state index in [0.29, 0.717) is 4.88 Å². The molecule has 0 spiro atoms. The molecule has 19 heavy (non-hydrogen) atoms. The molecule has 2 rings (SSSR count). The van der Waals surface area contributed by atoms with Gasteiger partial charge in [-0.15, -0.1) is 11.3 Å². The van der Waals surface area contributed by atoms with E-state index in [0.717, 1.165) is 21.4 Å². The van der Waals surface area contributed by atoms with Crippen LogP contribution in [0.5, 0.6) is 0 Å². The number of nitrogens with one attached hydrogen (secondary N) is 1. The molecular weight excluding hydrogens is 324 g/mol. The van der Waals surface area contributed by atoms with Crippen molar-refractivity contribution in [3.63, 3.8) is 0 Å². The monoisotopic (exact) mass is 338 g/mol. The molecule has 0 bridgehead atoms. The Bertz CT molecular complexity index is 607. The van der Waals surface area contributed by atoms with Crippen LogP contribution in [0.3, 0.4) is 0 Å². The van der Waals surface area contributed by atoms with Gasteiger partial charge in [-0.25, -0.2) is 0 Å². The van der Waals surface area contributed by atoms with Gasteiger partial charge in [0.2, 0.25) is 0 Å². The maximum Gasteiger partial charge on any atom is 0.266 e. The van der Waals surface area contributed by atoms with Crippen LogP contribution in [-0.4, -0.2) is 20.0 Å². The highest BCUT2D eigenvalue weighted by molar-refractivity contribution is 9.10. The Labute approximate surface area is 125 Å². The van der Waals surface area contributed by atoms with Crippen molar-refractivity contribution in [2.75, 3.05) is 24.3 Å².